The zero-order chi connectivity index (χ0) is 12.7. The first kappa shape index (κ1) is 13.3. The van der Waals surface area contributed by atoms with Gasteiger partial charge < -0.3 is 5.73 Å². The third-order valence-corrected chi connectivity index (χ3v) is 3.39. The monoisotopic (exact) mass is 318 g/mol. The van der Waals surface area contributed by atoms with Gasteiger partial charge in [-0.2, -0.15) is 13.2 Å². The summed E-state index contributed by atoms with van der Waals surface area (Å²) >= 11 is 2.78. The van der Waals surface area contributed by atoms with Gasteiger partial charge in [-0.1, -0.05) is 0 Å². The minimum atomic E-state index is -4.89. The molecule has 0 aromatic heterocycles. The van der Waals surface area contributed by atoms with E-state index in [1.807, 2.05) is 0 Å². The standard InChI is InChI=1S/C7H6BrF3N2O2S/c8-3-1-2-4(16(13,14)15)5(6(3)12)7(9,10)11/h1-2H,12H2,(H2,13,14,15). The molecule has 0 heterocycles. The fourth-order valence-electron chi connectivity index (χ4n) is 1.10. The van der Waals surface area contributed by atoms with Crippen molar-refractivity contribution < 1.29 is 21.6 Å². The molecule has 0 saturated carbocycles. The average Bonchev–Trinajstić information content (AvgIpc) is 2.05. The van der Waals surface area contributed by atoms with Crippen LogP contribution in [0.25, 0.3) is 0 Å². The smallest absolute Gasteiger partial charge is 0.397 e. The molecule has 0 atom stereocenters. The Balaban J connectivity index is 3.73. The van der Waals surface area contributed by atoms with Gasteiger partial charge in [-0.3, -0.25) is 0 Å². The summed E-state index contributed by atoms with van der Waals surface area (Å²) in [5.74, 6) is 0. The molecule has 0 unspecified atom stereocenters. The lowest BCUT2D eigenvalue weighted by molar-refractivity contribution is -0.139. The zero-order valence-corrected chi connectivity index (χ0v) is 9.95. The molecule has 0 aliphatic carbocycles. The molecule has 0 aliphatic rings. The SMILES string of the molecule is Nc1c(Br)ccc(S(N)(=O)=O)c1C(F)(F)F. The number of anilines is 1. The predicted molar refractivity (Wildman–Crippen MR) is 54.9 cm³/mol. The maximum atomic E-state index is 12.6. The summed E-state index contributed by atoms with van der Waals surface area (Å²) in [6.07, 6.45) is -4.89. The second kappa shape index (κ2) is 3.90. The first-order valence-electron chi connectivity index (χ1n) is 3.73. The van der Waals surface area contributed by atoms with E-state index in [4.69, 9.17) is 5.73 Å². The van der Waals surface area contributed by atoms with Crippen molar-refractivity contribution in [2.45, 2.75) is 11.1 Å². The molecule has 0 amide bonds. The number of alkyl halides is 3. The number of nitrogens with two attached hydrogens (primary N) is 2. The Morgan fingerprint density at radius 3 is 2.12 bits per heavy atom. The highest BCUT2D eigenvalue weighted by Crippen LogP contribution is 2.40. The summed E-state index contributed by atoms with van der Waals surface area (Å²) in [5.41, 5.74) is 3.02. The van der Waals surface area contributed by atoms with Crippen LogP contribution in [-0.4, -0.2) is 8.42 Å². The molecular weight excluding hydrogens is 313 g/mol. The van der Waals surface area contributed by atoms with E-state index < -0.39 is 32.3 Å². The molecule has 0 spiro atoms. The van der Waals surface area contributed by atoms with Crippen LogP contribution < -0.4 is 10.9 Å². The first-order valence-corrected chi connectivity index (χ1v) is 6.07. The number of sulfonamides is 1. The van der Waals surface area contributed by atoms with Crippen LogP contribution in [0.1, 0.15) is 5.56 Å². The third-order valence-electron chi connectivity index (χ3n) is 1.74. The molecule has 0 saturated heterocycles. The minimum Gasteiger partial charge on any atom is -0.397 e. The van der Waals surface area contributed by atoms with Crippen LogP contribution in [0, 0.1) is 0 Å². The van der Waals surface area contributed by atoms with Crippen LogP contribution >= 0.6 is 15.9 Å². The zero-order valence-electron chi connectivity index (χ0n) is 7.55. The highest BCUT2D eigenvalue weighted by atomic mass is 79.9. The largest absolute Gasteiger partial charge is 0.419 e. The van der Waals surface area contributed by atoms with E-state index in [-0.39, 0.29) is 4.47 Å². The number of hydrogen-bond donors (Lipinski definition) is 2. The van der Waals surface area contributed by atoms with Crippen molar-refractivity contribution in [3.05, 3.63) is 22.2 Å². The Morgan fingerprint density at radius 1 is 1.25 bits per heavy atom. The van der Waals surface area contributed by atoms with Crippen molar-refractivity contribution in [1.29, 1.82) is 0 Å². The lowest BCUT2D eigenvalue weighted by atomic mass is 10.2. The molecule has 16 heavy (non-hydrogen) atoms. The Hall–Kier alpha value is -0.800. The summed E-state index contributed by atoms with van der Waals surface area (Å²) in [6, 6.07) is 1.84. The first-order chi connectivity index (χ1) is 7.05. The van der Waals surface area contributed by atoms with Crippen LogP contribution in [0.5, 0.6) is 0 Å². The maximum absolute atomic E-state index is 12.6. The van der Waals surface area contributed by atoms with Crippen LogP contribution in [0.4, 0.5) is 18.9 Å². The summed E-state index contributed by atoms with van der Waals surface area (Å²) < 4.78 is 59.7. The van der Waals surface area contributed by atoms with Crippen molar-refractivity contribution in [2.75, 3.05) is 5.73 Å². The van der Waals surface area contributed by atoms with Crippen molar-refractivity contribution in [1.82, 2.24) is 0 Å². The maximum Gasteiger partial charge on any atom is 0.419 e. The molecule has 4 N–H and O–H groups in total. The molecule has 0 radical (unpaired) electrons. The lowest BCUT2D eigenvalue weighted by Crippen LogP contribution is -2.20. The van der Waals surface area contributed by atoms with E-state index in [1.54, 1.807) is 0 Å². The van der Waals surface area contributed by atoms with Crippen molar-refractivity contribution in [3.63, 3.8) is 0 Å². The van der Waals surface area contributed by atoms with E-state index in [0.717, 1.165) is 12.1 Å². The third kappa shape index (κ3) is 2.47. The molecular formula is C7H6BrF3N2O2S. The van der Waals surface area contributed by atoms with Gasteiger partial charge in [0.15, 0.2) is 0 Å². The van der Waals surface area contributed by atoms with Gasteiger partial charge in [0.1, 0.15) is 0 Å². The second-order valence-corrected chi connectivity index (χ2v) is 5.26. The topological polar surface area (TPSA) is 86.2 Å². The Labute approximate surface area is 97.6 Å². The number of primary sulfonamides is 1. The quantitative estimate of drug-likeness (QED) is 0.773. The Morgan fingerprint density at radius 2 is 1.75 bits per heavy atom. The molecule has 0 fully saturated rings. The molecule has 0 bridgehead atoms. The number of rotatable bonds is 1. The average molecular weight is 319 g/mol. The van der Waals surface area contributed by atoms with Gasteiger partial charge >= 0.3 is 6.18 Å². The van der Waals surface area contributed by atoms with E-state index in [2.05, 4.69) is 21.1 Å². The molecule has 1 aromatic rings. The van der Waals surface area contributed by atoms with Gasteiger partial charge in [-0.25, -0.2) is 13.6 Å². The van der Waals surface area contributed by atoms with E-state index >= 15 is 0 Å². The lowest BCUT2D eigenvalue weighted by Gasteiger charge is -2.14. The fourth-order valence-corrected chi connectivity index (χ4v) is 2.20. The molecule has 90 valence electrons. The fraction of sp³-hybridized carbons (Fsp3) is 0.143. The normalized spacial score (nSPS) is 12.8. The van der Waals surface area contributed by atoms with Gasteiger partial charge in [0.2, 0.25) is 10.0 Å². The van der Waals surface area contributed by atoms with Gasteiger partial charge in [-0.15, -0.1) is 0 Å². The van der Waals surface area contributed by atoms with E-state index in [0.29, 0.717) is 0 Å². The van der Waals surface area contributed by atoms with Crippen molar-refractivity contribution in [3.8, 4) is 0 Å². The predicted octanol–water partition coefficient (Wildman–Crippen LogP) is 1.70. The van der Waals surface area contributed by atoms with Crippen LogP contribution in [0.3, 0.4) is 0 Å². The van der Waals surface area contributed by atoms with Crippen molar-refractivity contribution in [2.24, 2.45) is 5.14 Å². The van der Waals surface area contributed by atoms with Gasteiger partial charge in [0, 0.05) is 4.47 Å². The van der Waals surface area contributed by atoms with Gasteiger partial charge in [-0.05, 0) is 28.1 Å². The summed E-state index contributed by atoms with van der Waals surface area (Å²) in [4.78, 5) is -1.04. The van der Waals surface area contributed by atoms with Crippen LogP contribution in [0.15, 0.2) is 21.5 Å². The summed E-state index contributed by atoms with van der Waals surface area (Å²) in [7, 11) is -4.48. The van der Waals surface area contributed by atoms with E-state index in [9.17, 15) is 21.6 Å². The molecule has 1 rings (SSSR count). The number of halogens is 4. The molecule has 9 heteroatoms. The van der Waals surface area contributed by atoms with Crippen molar-refractivity contribution >= 4 is 31.6 Å². The number of nitrogen functional groups attached to an aromatic ring is 1. The highest BCUT2D eigenvalue weighted by molar-refractivity contribution is 9.10. The summed E-state index contributed by atoms with van der Waals surface area (Å²) in [5, 5.41) is 4.67. The molecule has 1 aromatic carbocycles. The van der Waals surface area contributed by atoms with E-state index in [1.165, 1.54) is 0 Å². The highest BCUT2D eigenvalue weighted by Gasteiger charge is 2.39. The number of benzene rings is 1. The minimum absolute atomic E-state index is 0.0489. The van der Waals surface area contributed by atoms with Gasteiger partial charge in [0.25, 0.3) is 0 Å². The molecule has 0 aliphatic heterocycles. The summed E-state index contributed by atoms with van der Waals surface area (Å²) in [6.45, 7) is 0. The second-order valence-electron chi connectivity index (χ2n) is 2.88. The van der Waals surface area contributed by atoms with Crippen LogP contribution in [-0.2, 0) is 16.2 Å². The van der Waals surface area contributed by atoms with Crippen LogP contribution in [0.2, 0.25) is 0 Å². The number of hydrogen-bond acceptors (Lipinski definition) is 3. The Bertz CT molecular complexity index is 527. The Kier molecular flexibility index (Phi) is 3.23. The van der Waals surface area contributed by atoms with Gasteiger partial charge in [0.05, 0.1) is 16.1 Å². The molecule has 4 nitrogen and oxygen atoms in total.